The third kappa shape index (κ3) is 3.49. The molecule has 3 heterocycles. The highest BCUT2D eigenvalue weighted by Gasteiger charge is 2.22. The van der Waals surface area contributed by atoms with Crippen molar-refractivity contribution in [2.24, 2.45) is 0 Å². The molecule has 1 aliphatic rings. The first-order valence-electron chi connectivity index (χ1n) is 8.99. The quantitative estimate of drug-likeness (QED) is 0.754. The van der Waals surface area contributed by atoms with E-state index in [1.165, 1.54) is 0 Å². The fourth-order valence-corrected chi connectivity index (χ4v) is 3.21. The van der Waals surface area contributed by atoms with Crippen LogP contribution in [0.2, 0.25) is 0 Å². The first kappa shape index (κ1) is 16.4. The van der Waals surface area contributed by atoms with Crippen LogP contribution in [-0.4, -0.2) is 49.3 Å². The number of nitrogens with zero attached hydrogens (tertiary/aromatic N) is 7. The lowest BCUT2D eigenvalue weighted by molar-refractivity contribution is 0.519. The lowest BCUT2D eigenvalue weighted by atomic mass is 10.1. The van der Waals surface area contributed by atoms with Crippen molar-refractivity contribution < 1.29 is 0 Å². The van der Waals surface area contributed by atoms with Gasteiger partial charge in [-0.25, -0.2) is 9.97 Å². The van der Waals surface area contributed by atoms with E-state index in [1.807, 2.05) is 30.3 Å². The smallest absolute Gasteiger partial charge is 0.247 e. The van der Waals surface area contributed by atoms with Crippen molar-refractivity contribution in [2.45, 2.75) is 32.2 Å². The van der Waals surface area contributed by atoms with Gasteiger partial charge < -0.3 is 10.2 Å². The molecule has 0 spiro atoms. The molecule has 2 aromatic heterocycles. The molecule has 1 fully saturated rings. The predicted octanol–water partition coefficient (Wildman–Crippen LogP) is 2.10. The van der Waals surface area contributed by atoms with Crippen molar-refractivity contribution in [1.82, 2.24) is 30.2 Å². The van der Waals surface area contributed by atoms with E-state index in [-0.39, 0.29) is 0 Å². The Morgan fingerprint density at radius 2 is 1.92 bits per heavy atom. The number of tetrazole rings is 1. The van der Waals surface area contributed by atoms with E-state index < -0.39 is 0 Å². The van der Waals surface area contributed by atoms with E-state index in [1.54, 1.807) is 11.0 Å². The van der Waals surface area contributed by atoms with E-state index in [0.29, 0.717) is 12.0 Å². The van der Waals surface area contributed by atoms with Crippen LogP contribution < -0.4 is 10.2 Å². The second kappa shape index (κ2) is 7.47. The molecule has 8 nitrogen and oxygen atoms in total. The van der Waals surface area contributed by atoms with Crippen LogP contribution in [0.3, 0.4) is 0 Å². The zero-order chi connectivity index (χ0) is 17.8. The molecular formula is C18H22N8. The number of aromatic nitrogens is 6. The summed E-state index contributed by atoms with van der Waals surface area (Å²) in [4.78, 5) is 11.0. The number of anilines is 2. The van der Waals surface area contributed by atoms with Gasteiger partial charge in [-0.05, 0) is 41.8 Å². The van der Waals surface area contributed by atoms with Crippen LogP contribution in [0.25, 0.3) is 5.69 Å². The van der Waals surface area contributed by atoms with E-state index in [2.05, 4.69) is 48.7 Å². The van der Waals surface area contributed by atoms with Crippen LogP contribution >= 0.6 is 0 Å². The lowest BCUT2D eigenvalue weighted by Gasteiger charge is -2.33. The molecule has 1 aliphatic heterocycles. The van der Waals surface area contributed by atoms with Gasteiger partial charge in [-0.15, -0.1) is 0 Å². The van der Waals surface area contributed by atoms with Crippen LogP contribution in [0, 0.1) is 0 Å². The molecule has 0 amide bonds. The monoisotopic (exact) mass is 350 g/mol. The van der Waals surface area contributed by atoms with Gasteiger partial charge >= 0.3 is 0 Å². The maximum Gasteiger partial charge on any atom is 0.247 e. The van der Waals surface area contributed by atoms with Crippen LogP contribution in [-0.2, 0) is 6.42 Å². The van der Waals surface area contributed by atoms with E-state index in [0.717, 1.165) is 49.6 Å². The molecule has 4 rings (SSSR count). The minimum Gasteiger partial charge on any atom is -0.356 e. The fourth-order valence-electron chi connectivity index (χ4n) is 3.21. The summed E-state index contributed by atoms with van der Waals surface area (Å²) in [5.41, 5.74) is 2.03. The molecule has 0 aliphatic carbocycles. The number of hydrogen-bond acceptors (Lipinski definition) is 7. The summed E-state index contributed by atoms with van der Waals surface area (Å²) in [5, 5.41) is 15.6. The SMILES string of the molecule is CCc1cc(N2CCC(Nc3nnnn3-c3ccccc3)CC2)ncn1. The highest BCUT2D eigenvalue weighted by atomic mass is 15.6. The molecule has 1 aromatic carbocycles. The Labute approximate surface area is 152 Å². The van der Waals surface area contributed by atoms with E-state index in [9.17, 15) is 0 Å². The van der Waals surface area contributed by atoms with Crippen LogP contribution in [0.15, 0.2) is 42.7 Å². The number of nitrogens with one attached hydrogen (secondary N) is 1. The molecular weight excluding hydrogens is 328 g/mol. The average molecular weight is 350 g/mol. The largest absolute Gasteiger partial charge is 0.356 e. The highest BCUT2D eigenvalue weighted by Crippen LogP contribution is 2.21. The van der Waals surface area contributed by atoms with Gasteiger partial charge in [0.1, 0.15) is 12.1 Å². The van der Waals surface area contributed by atoms with Crippen molar-refractivity contribution in [3.8, 4) is 5.69 Å². The minimum atomic E-state index is 0.340. The molecule has 0 saturated carbocycles. The molecule has 0 bridgehead atoms. The number of aryl methyl sites for hydroxylation is 1. The standard InChI is InChI=1S/C18H22N8/c1-2-14-12-17(20-13-19-14)25-10-8-15(9-11-25)21-18-22-23-24-26(18)16-6-4-3-5-7-16/h3-7,12-13,15H,2,8-11H2,1H3,(H,21,22,24). The highest BCUT2D eigenvalue weighted by molar-refractivity contribution is 5.41. The normalized spacial score (nSPS) is 15.2. The molecule has 1 N–H and O–H groups in total. The van der Waals surface area contributed by atoms with Crippen molar-refractivity contribution in [2.75, 3.05) is 23.3 Å². The van der Waals surface area contributed by atoms with Gasteiger partial charge in [-0.3, -0.25) is 0 Å². The summed E-state index contributed by atoms with van der Waals surface area (Å²) in [7, 11) is 0. The van der Waals surface area contributed by atoms with Crippen molar-refractivity contribution >= 4 is 11.8 Å². The summed E-state index contributed by atoms with van der Waals surface area (Å²) in [6.45, 7) is 4.01. The van der Waals surface area contributed by atoms with Crippen LogP contribution in [0.4, 0.5) is 11.8 Å². The molecule has 0 unspecified atom stereocenters. The Hall–Kier alpha value is -3.03. The van der Waals surface area contributed by atoms with Crippen LogP contribution in [0.1, 0.15) is 25.5 Å². The Bertz CT molecular complexity index is 839. The van der Waals surface area contributed by atoms with Gasteiger partial charge in [-0.2, -0.15) is 4.68 Å². The summed E-state index contributed by atoms with van der Waals surface area (Å²) in [5.74, 6) is 1.70. The summed E-state index contributed by atoms with van der Waals surface area (Å²) in [6.07, 6.45) is 4.60. The van der Waals surface area contributed by atoms with Gasteiger partial charge in [0.05, 0.1) is 5.69 Å². The maximum absolute atomic E-state index is 4.42. The Balaban J connectivity index is 1.40. The van der Waals surface area contributed by atoms with Gasteiger partial charge in [0, 0.05) is 30.9 Å². The molecule has 8 heteroatoms. The summed E-state index contributed by atoms with van der Waals surface area (Å²) >= 11 is 0. The van der Waals surface area contributed by atoms with Gasteiger partial charge in [0.15, 0.2) is 0 Å². The van der Waals surface area contributed by atoms with Crippen molar-refractivity contribution in [1.29, 1.82) is 0 Å². The third-order valence-electron chi connectivity index (χ3n) is 4.69. The first-order chi connectivity index (χ1) is 12.8. The second-order valence-electron chi connectivity index (χ2n) is 6.38. The molecule has 0 atom stereocenters. The zero-order valence-electron chi connectivity index (χ0n) is 14.8. The Morgan fingerprint density at radius 1 is 1.12 bits per heavy atom. The molecule has 0 radical (unpaired) electrons. The number of hydrogen-bond donors (Lipinski definition) is 1. The predicted molar refractivity (Wildman–Crippen MR) is 99.4 cm³/mol. The van der Waals surface area contributed by atoms with Gasteiger partial charge in [-0.1, -0.05) is 30.2 Å². The Morgan fingerprint density at radius 3 is 2.69 bits per heavy atom. The van der Waals surface area contributed by atoms with Gasteiger partial charge in [0.25, 0.3) is 0 Å². The number of para-hydroxylation sites is 1. The van der Waals surface area contributed by atoms with Crippen molar-refractivity contribution in [3.63, 3.8) is 0 Å². The third-order valence-corrected chi connectivity index (χ3v) is 4.69. The van der Waals surface area contributed by atoms with Gasteiger partial charge in [0.2, 0.25) is 5.95 Å². The van der Waals surface area contributed by atoms with Crippen molar-refractivity contribution in [3.05, 3.63) is 48.4 Å². The molecule has 26 heavy (non-hydrogen) atoms. The average Bonchev–Trinajstić information content (AvgIpc) is 3.17. The van der Waals surface area contributed by atoms with E-state index >= 15 is 0 Å². The number of piperidine rings is 1. The molecule has 134 valence electrons. The summed E-state index contributed by atoms with van der Waals surface area (Å²) in [6, 6.07) is 12.3. The second-order valence-corrected chi connectivity index (χ2v) is 6.38. The first-order valence-corrected chi connectivity index (χ1v) is 8.99. The van der Waals surface area contributed by atoms with E-state index in [4.69, 9.17) is 0 Å². The minimum absolute atomic E-state index is 0.340. The summed E-state index contributed by atoms with van der Waals surface area (Å²) < 4.78 is 1.74. The van der Waals surface area contributed by atoms with Crippen LogP contribution in [0.5, 0.6) is 0 Å². The number of benzene rings is 1. The Kier molecular flexibility index (Phi) is 4.72. The maximum atomic E-state index is 4.42. The topological polar surface area (TPSA) is 84.6 Å². The zero-order valence-corrected chi connectivity index (χ0v) is 14.8. The molecule has 1 saturated heterocycles. The number of rotatable bonds is 5. The molecule has 3 aromatic rings. The lowest BCUT2D eigenvalue weighted by Crippen LogP contribution is -2.40. The fraction of sp³-hybridized carbons (Fsp3) is 0.389.